The highest BCUT2D eigenvalue weighted by Gasteiger charge is 2.60. The number of methoxy groups -OCH3 is 1. The van der Waals surface area contributed by atoms with E-state index in [2.05, 4.69) is 25.3 Å². The van der Waals surface area contributed by atoms with Gasteiger partial charge in [-0.25, -0.2) is 0 Å². The van der Waals surface area contributed by atoms with E-state index in [0.29, 0.717) is 5.75 Å². The molecule has 0 radical (unpaired) electrons. The van der Waals surface area contributed by atoms with Crippen LogP contribution in [0.4, 0.5) is 0 Å². The van der Waals surface area contributed by atoms with Crippen LogP contribution in [-0.2, 0) is 0 Å². The lowest BCUT2D eigenvalue weighted by atomic mass is 9.51. The minimum Gasteiger partial charge on any atom is -0.497 e. The summed E-state index contributed by atoms with van der Waals surface area (Å²) < 4.78 is 5.22. The van der Waals surface area contributed by atoms with E-state index in [1.807, 2.05) is 24.3 Å². The van der Waals surface area contributed by atoms with Gasteiger partial charge >= 0.3 is 0 Å². The lowest BCUT2D eigenvalue weighted by molar-refractivity contribution is -0.891. The molecule has 0 amide bonds. The first kappa shape index (κ1) is 17.9. The number of ether oxygens (including phenoxy) is 1. The van der Waals surface area contributed by atoms with Crippen molar-refractivity contribution in [1.82, 2.24) is 0 Å². The molecule has 2 unspecified atom stereocenters. The van der Waals surface area contributed by atoms with Crippen LogP contribution in [0.1, 0.15) is 17.9 Å². The molecule has 132 valence electrons. The Kier molecular flexibility index (Phi) is 4.68. The summed E-state index contributed by atoms with van der Waals surface area (Å²) in [5, 5.41) is 38.2. The predicted octanol–water partition coefficient (Wildman–Crippen LogP) is 1.14. The van der Waals surface area contributed by atoms with Crippen molar-refractivity contribution in [2.45, 2.75) is 12.3 Å². The van der Waals surface area contributed by atoms with E-state index in [9.17, 15) is 15.8 Å². The Morgan fingerprint density at radius 1 is 1.15 bits per heavy atom. The van der Waals surface area contributed by atoms with Crippen LogP contribution in [0.3, 0.4) is 0 Å². The summed E-state index contributed by atoms with van der Waals surface area (Å²) in [6.45, 7) is 1.73. The number of fused-ring (bicyclic) bond motifs is 1. The molecule has 5 atom stereocenters. The van der Waals surface area contributed by atoms with E-state index in [4.69, 9.17) is 10.1 Å². The summed E-state index contributed by atoms with van der Waals surface area (Å²) in [4.78, 5) is 1.33. The molecule has 1 saturated carbocycles. The molecule has 1 aliphatic carbocycles. The van der Waals surface area contributed by atoms with Crippen molar-refractivity contribution in [3.8, 4) is 24.0 Å². The number of likely N-dealkylation sites (tertiary alicyclic amines) is 1. The van der Waals surface area contributed by atoms with Crippen molar-refractivity contribution in [3.63, 3.8) is 0 Å². The van der Waals surface area contributed by atoms with Gasteiger partial charge in [-0.15, -0.1) is 0 Å². The SMILES string of the molecule is COc1ccc([C@H]2[C@H]3C[NH+](C)CC[C@@H]3C(C#N)C(=N)C2(C#N)C#N)cc1. The second-order valence-electron chi connectivity index (χ2n) is 7.33. The first-order valence-corrected chi connectivity index (χ1v) is 8.78. The van der Waals surface area contributed by atoms with E-state index >= 15 is 0 Å². The topological polar surface area (TPSA) is 109 Å². The molecule has 3 rings (SSSR count). The van der Waals surface area contributed by atoms with Gasteiger partial charge in [-0.3, -0.25) is 0 Å². The third-order valence-corrected chi connectivity index (χ3v) is 6.06. The normalized spacial score (nSPS) is 32.4. The van der Waals surface area contributed by atoms with Crippen molar-refractivity contribution in [1.29, 1.82) is 21.2 Å². The van der Waals surface area contributed by atoms with Crippen molar-refractivity contribution in [2.24, 2.45) is 23.2 Å². The molecule has 0 spiro atoms. The highest BCUT2D eigenvalue weighted by Crippen LogP contribution is 2.53. The van der Waals surface area contributed by atoms with Crippen LogP contribution >= 0.6 is 0 Å². The zero-order valence-electron chi connectivity index (χ0n) is 15.0. The van der Waals surface area contributed by atoms with Crippen molar-refractivity contribution < 1.29 is 9.64 Å². The molecule has 6 nitrogen and oxygen atoms in total. The van der Waals surface area contributed by atoms with E-state index < -0.39 is 17.3 Å². The summed E-state index contributed by atoms with van der Waals surface area (Å²) in [6.07, 6.45) is 0.830. The second-order valence-corrected chi connectivity index (χ2v) is 7.33. The molecule has 26 heavy (non-hydrogen) atoms. The summed E-state index contributed by atoms with van der Waals surface area (Å²) in [6, 6.07) is 13.9. The molecule has 1 aliphatic heterocycles. The minimum absolute atomic E-state index is 0.00944. The lowest BCUT2D eigenvalue weighted by Gasteiger charge is -2.49. The van der Waals surface area contributed by atoms with Crippen molar-refractivity contribution in [2.75, 3.05) is 27.2 Å². The number of quaternary nitrogens is 1. The first-order chi connectivity index (χ1) is 12.5. The van der Waals surface area contributed by atoms with Gasteiger partial charge in [-0.05, 0) is 23.6 Å². The monoisotopic (exact) mass is 348 g/mol. The molecule has 0 bridgehead atoms. The van der Waals surface area contributed by atoms with E-state index in [1.165, 1.54) is 4.90 Å². The number of hydrogen-bond acceptors (Lipinski definition) is 5. The Morgan fingerprint density at radius 3 is 2.35 bits per heavy atom. The van der Waals surface area contributed by atoms with E-state index in [1.54, 1.807) is 7.11 Å². The Hall–Kier alpha value is -2.88. The molecule has 1 heterocycles. The lowest BCUT2D eigenvalue weighted by Crippen LogP contribution is -3.11. The van der Waals surface area contributed by atoms with Crippen LogP contribution in [-0.4, -0.2) is 33.0 Å². The first-order valence-electron chi connectivity index (χ1n) is 8.78. The Bertz CT molecular complexity index is 812. The maximum atomic E-state index is 9.96. The van der Waals surface area contributed by atoms with Gasteiger partial charge in [0.25, 0.3) is 0 Å². The van der Waals surface area contributed by atoms with Gasteiger partial charge < -0.3 is 15.0 Å². The number of benzene rings is 1. The van der Waals surface area contributed by atoms with Gasteiger partial charge in [0.1, 0.15) is 5.75 Å². The highest BCUT2D eigenvalue weighted by molar-refractivity contribution is 5.98. The van der Waals surface area contributed by atoms with Gasteiger partial charge in [0, 0.05) is 18.3 Å². The van der Waals surface area contributed by atoms with Gasteiger partial charge in [0.15, 0.2) is 5.41 Å². The number of nitrogens with zero attached hydrogens (tertiary/aromatic N) is 3. The molecular weight excluding hydrogens is 326 g/mol. The number of nitrogens with one attached hydrogen (secondary N) is 2. The smallest absolute Gasteiger partial charge is 0.189 e. The molecular formula is C20H22N5O+. The summed E-state index contributed by atoms with van der Waals surface area (Å²) >= 11 is 0. The number of hydrogen-bond donors (Lipinski definition) is 2. The minimum atomic E-state index is -1.60. The Labute approximate surface area is 153 Å². The number of nitriles is 3. The van der Waals surface area contributed by atoms with Crippen LogP contribution in [0.2, 0.25) is 0 Å². The largest absolute Gasteiger partial charge is 0.497 e. The molecule has 1 aromatic rings. The number of piperidine rings is 1. The third kappa shape index (κ3) is 2.53. The third-order valence-electron chi connectivity index (χ3n) is 6.06. The standard InChI is InChI=1S/C20H21N5O/c1-25-8-7-15-16(9-21)19(24)20(11-22,12-23)18(17(15)10-25)13-3-5-14(26-2)6-4-13/h3-6,15-18,24H,7-8,10H2,1-2H3/p+1/t15-,16?,17+,18+/m1/s1. The van der Waals surface area contributed by atoms with Gasteiger partial charge in [-0.2, -0.15) is 15.8 Å². The average Bonchev–Trinajstić information content (AvgIpc) is 2.67. The molecule has 2 N–H and O–H groups in total. The molecule has 2 fully saturated rings. The predicted molar refractivity (Wildman–Crippen MR) is 94.4 cm³/mol. The van der Waals surface area contributed by atoms with Crippen LogP contribution in [0.5, 0.6) is 5.75 Å². The average molecular weight is 348 g/mol. The molecule has 6 heteroatoms. The number of rotatable bonds is 2. The fourth-order valence-corrected chi connectivity index (χ4v) is 4.76. The molecule has 0 aromatic heterocycles. The fraction of sp³-hybridized carbons (Fsp3) is 0.500. The van der Waals surface area contributed by atoms with Crippen LogP contribution in [0.15, 0.2) is 24.3 Å². The van der Waals surface area contributed by atoms with Gasteiger partial charge in [0.05, 0.1) is 57.1 Å². The molecule has 1 aromatic carbocycles. The van der Waals surface area contributed by atoms with E-state index in [-0.39, 0.29) is 17.5 Å². The summed E-state index contributed by atoms with van der Waals surface area (Å²) in [5.74, 6) is -0.354. The maximum Gasteiger partial charge on any atom is 0.189 e. The Morgan fingerprint density at radius 2 is 1.81 bits per heavy atom. The van der Waals surface area contributed by atoms with Crippen LogP contribution in [0.25, 0.3) is 0 Å². The summed E-state index contributed by atoms with van der Waals surface area (Å²) in [7, 11) is 3.69. The van der Waals surface area contributed by atoms with E-state index in [0.717, 1.165) is 25.1 Å². The second kappa shape index (κ2) is 6.79. The van der Waals surface area contributed by atoms with Crippen LogP contribution in [0, 0.1) is 62.6 Å². The zero-order valence-corrected chi connectivity index (χ0v) is 15.0. The zero-order chi connectivity index (χ0) is 18.9. The quantitative estimate of drug-likeness (QED) is 0.835. The van der Waals surface area contributed by atoms with Gasteiger partial charge in [0.2, 0.25) is 0 Å². The fourth-order valence-electron chi connectivity index (χ4n) is 4.76. The Balaban J connectivity index is 2.18. The van der Waals surface area contributed by atoms with Crippen molar-refractivity contribution in [3.05, 3.63) is 29.8 Å². The summed E-state index contributed by atoms with van der Waals surface area (Å²) in [5.41, 5.74) is -0.778. The highest BCUT2D eigenvalue weighted by atomic mass is 16.5. The van der Waals surface area contributed by atoms with Gasteiger partial charge in [-0.1, -0.05) is 12.1 Å². The maximum absolute atomic E-state index is 9.96. The molecule has 2 aliphatic rings. The van der Waals surface area contributed by atoms with Crippen molar-refractivity contribution >= 4 is 5.71 Å². The van der Waals surface area contributed by atoms with Crippen LogP contribution < -0.4 is 9.64 Å². The molecule has 1 saturated heterocycles.